The fourth-order valence-electron chi connectivity index (χ4n) is 4.55. The summed E-state index contributed by atoms with van der Waals surface area (Å²) >= 11 is 11.9. The number of anilines is 1. The van der Waals surface area contributed by atoms with Gasteiger partial charge in [-0.15, -0.1) is 0 Å². The number of imide groups is 1. The molecule has 0 radical (unpaired) electrons. The summed E-state index contributed by atoms with van der Waals surface area (Å²) in [6.45, 7) is -0.271. The lowest BCUT2D eigenvalue weighted by molar-refractivity contribution is -0.143. The van der Waals surface area contributed by atoms with E-state index in [0.717, 1.165) is 24.2 Å². The third kappa shape index (κ3) is 2.42. The summed E-state index contributed by atoms with van der Waals surface area (Å²) in [5.41, 5.74) is 0.369. The molecule has 126 valence electrons. The summed E-state index contributed by atoms with van der Waals surface area (Å²) in [5.74, 6) is -0.626. The maximum Gasteiger partial charge on any atom is 0.244 e. The van der Waals surface area contributed by atoms with Crippen LogP contribution < -0.4 is 5.32 Å². The van der Waals surface area contributed by atoms with Crippen LogP contribution in [0, 0.1) is 23.7 Å². The third-order valence-corrected chi connectivity index (χ3v) is 6.09. The highest BCUT2D eigenvalue weighted by Gasteiger charge is 2.60. The number of halogens is 2. The van der Waals surface area contributed by atoms with Crippen LogP contribution in [0.4, 0.5) is 5.69 Å². The van der Waals surface area contributed by atoms with Gasteiger partial charge in [-0.25, -0.2) is 0 Å². The minimum atomic E-state index is -0.451. The Morgan fingerprint density at radius 3 is 2.38 bits per heavy atom. The number of amides is 3. The highest BCUT2D eigenvalue weighted by Crippen LogP contribution is 2.56. The zero-order valence-corrected chi connectivity index (χ0v) is 14.3. The number of hydrogen-bond acceptors (Lipinski definition) is 3. The summed E-state index contributed by atoms with van der Waals surface area (Å²) in [7, 11) is 0. The van der Waals surface area contributed by atoms with E-state index in [1.54, 1.807) is 12.1 Å². The lowest BCUT2D eigenvalue weighted by Crippen LogP contribution is -2.39. The van der Waals surface area contributed by atoms with Crippen LogP contribution in [0.1, 0.15) is 19.3 Å². The number of carbonyl (C=O) groups excluding carboxylic acids is 3. The summed E-state index contributed by atoms with van der Waals surface area (Å²) in [5, 5.41) is 3.41. The van der Waals surface area contributed by atoms with Crippen LogP contribution in [0.5, 0.6) is 0 Å². The standard InChI is InChI=1S/C17H16Cl2N2O3/c18-10-3-4-11(19)12(6-10)20-13(22)7-21-16(23)14-8-1-2-9(5-8)15(14)17(21)24/h3-4,6,8-9,14-15H,1-2,5,7H2,(H,20,22)/t8-,9-,14+,15+/m0/s1. The molecule has 24 heavy (non-hydrogen) atoms. The zero-order chi connectivity index (χ0) is 17.0. The number of likely N-dealkylation sites (tertiary alicyclic amines) is 1. The average molecular weight is 367 g/mol. The largest absolute Gasteiger partial charge is 0.323 e. The van der Waals surface area contributed by atoms with Crippen molar-refractivity contribution in [2.24, 2.45) is 23.7 Å². The molecule has 1 aromatic carbocycles. The molecule has 1 saturated heterocycles. The smallest absolute Gasteiger partial charge is 0.244 e. The maximum absolute atomic E-state index is 12.6. The number of nitrogens with zero attached hydrogens (tertiary/aromatic N) is 1. The molecule has 0 unspecified atom stereocenters. The molecular weight excluding hydrogens is 351 g/mol. The van der Waals surface area contributed by atoms with Crippen LogP contribution in [0.3, 0.4) is 0 Å². The van der Waals surface area contributed by atoms with E-state index < -0.39 is 5.91 Å². The van der Waals surface area contributed by atoms with Gasteiger partial charge in [0.25, 0.3) is 0 Å². The van der Waals surface area contributed by atoms with Gasteiger partial charge in [0.1, 0.15) is 6.54 Å². The van der Waals surface area contributed by atoms with Crippen molar-refractivity contribution >= 4 is 46.6 Å². The molecule has 3 amide bonds. The van der Waals surface area contributed by atoms with Gasteiger partial charge >= 0.3 is 0 Å². The van der Waals surface area contributed by atoms with Crippen molar-refractivity contribution in [3.63, 3.8) is 0 Å². The molecule has 0 aromatic heterocycles. The average Bonchev–Trinajstić information content (AvgIpc) is 3.21. The Labute approximate surface area is 149 Å². The quantitative estimate of drug-likeness (QED) is 0.836. The molecule has 7 heteroatoms. The Kier molecular flexibility index (Phi) is 3.81. The Hall–Kier alpha value is -1.59. The van der Waals surface area contributed by atoms with Crippen LogP contribution in [0.25, 0.3) is 0 Å². The van der Waals surface area contributed by atoms with Gasteiger partial charge in [0.2, 0.25) is 17.7 Å². The molecule has 1 heterocycles. The van der Waals surface area contributed by atoms with Crippen molar-refractivity contribution < 1.29 is 14.4 Å². The maximum atomic E-state index is 12.6. The van der Waals surface area contributed by atoms with Crippen LogP contribution in [-0.2, 0) is 14.4 Å². The lowest BCUT2D eigenvalue weighted by atomic mass is 9.81. The number of benzene rings is 1. The first-order chi connectivity index (χ1) is 11.5. The van der Waals surface area contributed by atoms with Crippen LogP contribution >= 0.6 is 23.2 Å². The van der Waals surface area contributed by atoms with E-state index >= 15 is 0 Å². The van der Waals surface area contributed by atoms with E-state index in [-0.39, 0.29) is 30.2 Å². The summed E-state index contributed by atoms with van der Waals surface area (Å²) in [4.78, 5) is 38.5. The summed E-state index contributed by atoms with van der Waals surface area (Å²) in [6, 6.07) is 4.72. The van der Waals surface area contributed by atoms with E-state index in [2.05, 4.69) is 5.32 Å². The van der Waals surface area contributed by atoms with Crippen LogP contribution in [0.15, 0.2) is 18.2 Å². The molecule has 3 aliphatic rings. The molecule has 2 aliphatic carbocycles. The molecule has 1 N–H and O–H groups in total. The molecule has 2 bridgehead atoms. The second kappa shape index (κ2) is 5.74. The Bertz CT molecular complexity index is 723. The molecule has 4 rings (SSSR count). The number of hydrogen-bond donors (Lipinski definition) is 1. The third-order valence-electron chi connectivity index (χ3n) is 5.52. The van der Waals surface area contributed by atoms with Gasteiger partial charge in [-0.05, 0) is 49.3 Å². The number of rotatable bonds is 3. The first kappa shape index (κ1) is 15.9. The van der Waals surface area contributed by atoms with Gasteiger partial charge in [0, 0.05) is 5.02 Å². The number of carbonyl (C=O) groups is 3. The van der Waals surface area contributed by atoms with Crippen molar-refractivity contribution in [3.05, 3.63) is 28.2 Å². The minimum Gasteiger partial charge on any atom is -0.323 e. The van der Waals surface area contributed by atoms with Crippen LogP contribution in [0.2, 0.25) is 10.0 Å². The van der Waals surface area contributed by atoms with Gasteiger partial charge < -0.3 is 5.32 Å². The second-order valence-corrected chi connectivity index (χ2v) is 7.66. The second-order valence-electron chi connectivity index (χ2n) is 6.82. The highest BCUT2D eigenvalue weighted by atomic mass is 35.5. The van der Waals surface area contributed by atoms with Crippen molar-refractivity contribution in [1.82, 2.24) is 4.90 Å². The highest BCUT2D eigenvalue weighted by molar-refractivity contribution is 6.35. The lowest BCUT2D eigenvalue weighted by Gasteiger charge is -2.19. The molecule has 3 fully saturated rings. The summed E-state index contributed by atoms with van der Waals surface area (Å²) in [6.07, 6.45) is 3.01. The topological polar surface area (TPSA) is 66.5 Å². The summed E-state index contributed by atoms with van der Waals surface area (Å²) < 4.78 is 0. The van der Waals surface area contributed by atoms with Gasteiger partial charge in [0.05, 0.1) is 22.5 Å². The van der Waals surface area contributed by atoms with Crippen molar-refractivity contribution in [2.45, 2.75) is 19.3 Å². The molecule has 2 saturated carbocycles. The molecule has 0 spiro atoms. The van der Waals surface area contributed by atoms with Crippen molar-refractivity contribution in [2.75, 3.05) is 11.9 Å². The van der Waals surface area contributed by atoms with E-state index in [9.17, 15) is 14.4 Å². The van der Waals surface area contributed by atoms with Gasteiger partial charge in [0.15, 0.2) is 0 Å². The normalized spacial score (nSPS) is 30.8. The van der Waals surface area contributed by atoms with Gasteiger partial charge in [-0.2, -0.15) is 0 Å². The van der Waals surface area contributed by atoms with Crippen LogP contribution in [-0.4, -0.2) is 29.2 Å². The molecule has 4 atom stereocenters. The predicted octanol–water partition coefficient (Wildman–Crippen LogP) is 2.96. The van der Waals surface area contributed by atoms with E-state index in [0.29, 0.717) is 27.6 Å². The SMILES string of the molecule is O=C(CN1C(=O)[C@@H]2[C@H]3CC[C@@H](C3)[C@H]2C1=O)Nc1cc(Cl)ccc1Cl. The van der Waals surface area contributed by atoms with Gasteiger partial charge in [-0.1, -0.05) is 23.2 Å². The fourth-order valence-corrected chi connectivity index (χ4v) is 4.89. The predicted molar refractivity (Wildman–Crippen MR) is 89.6 cm³/mol. The fraction of sp³-hybridized carbons (Fsp3) is 0.471. The Balaban J connectivity index is 1.47. The first-order valence-corrected chi connectivity index (χ1v) is 8.81. The molecule has 1 aliphatic heterocycles. The van der Waals surface area contributed by atoms with Gasteiger partial charge in [-0.3, -0.25) is 19.3 Å². The first-order valence-electron chi connectivity index (χ1n) is 8.06. The van der Waals surface area contributed by atoms with E-state index in [1.165, 1.54) is 6.07 Å². The van der Waals surface area contributed by atoms with E-state index in [4.69, 9.17) is 23.2 Å². The van der Waals surface area contributed by atoms with Crippen molar-refractivity contribution in [1.29, 1.82) is 0 Å². The number of nitrogens with one attached hydrogen (secondary N) is 1. The van der Waals surface area contributed by atoms with E-state index in [1.807, 2.05) is 0 Å². The zero-order valence-electron chi connectivity index (χ0n) is 12.8. The molecule has 1 aromatic rings. The van der Waals surface area contributed by atoms with Crippen molar-refractivity contribution in [3.8, 4) is 0 Å². The minimum absolute atomic E-state index is 0.190. The Morgan fingerprint density at radius 1 is 1.12 bits per heavy atom. The molecular formula is C17H16Cl2N2O3. The Morgan fingerprint density at radius 2 is 1.75 bits per heavy atom. The number of fused-ring (bicyclic) bond motifs is 5. The molecule has 5 nitrogen and oxygen atoms in total. The monoisotopic (exact) mass is 366 g/mol.